The van der Waals surface area contributed by atoms with Crippen molar-refractivity contribution < 1.29 is 13.5 Å². The number of hydrogen-bond acceptors (Lipinski definition) is 4. The summed E-state index contributed by atoms with van der Waals surface area (Å²) in [5.41, 5.74) is 0. The van der Waals surface area contributed by atoms with Gasteiger partial charge in [0.25, 0.3) is 10.0 Å². The van der Waals surface area contributed by atoms with Crippen molar-refractivity contribution in [2.75, 3.05) is 6.54 Å². The van der Waals surface area contributed by atoms with Crippen LogP contribution < -0.4 is 4.72 Å². The maximum atomic E-state index is 12.0. The van der Waals surface area contributed by atoms with E-state index in [9.17, 15) is 13.5 Å². The second-order valence-electron chi connectivity index (χ2n) is 4.24. The molecule has 0 spiro atoms. The Balaban J connectivity index is 1.97. The van der Waals surface area contributed by atoms with Gasteiger partial charge in [0.15, 0.2) is 0 Å². The first-order valence-corrected chi connectivity index (χ1v) is 8.55. The van der Waals surface area contributed by atoms with E-state index in [0.29, 0.717) is 21.6 Å². The summed E-state index contributed by atoms with van der Waals surface area (Å²) in [6.07, 6.45) is 2.08. The molecule has 1 saturated carbocycles. The zero-order chi connectivity index (χ0) is 12.5. The number of thiophene rings is 1. The van der Waals surface area contributed by atoms with Crippen LogP contribution in [0, 0.1) is 5.92 Å². The third kappa shape index (κ3) is 3.29. The Labute approximate surface area is 113 Å². The molecule has 7 heteroatoms. The van der Waals surface area contributed by atoms with Crippen LogP contribution in [0.4, 0.5) is 0 Å². The molecular weight excluding hydrogens is 326 g/mol. The van der Waals surface area contributed by atoms with Crippen molar-refractivity contribution in [2.24, 2.45) is 5.92 Å². The average molecular weight is 340 g/mol. The van der Waals surface area contributed by atoms with E-state index in [4.69, 9.17) is 0 Å². The maximum absolute atomic E-state index is 12.0. The molecular formula is C10H14BrNO3S2. The van der Waals surface area contributed by atoms with Crippen LogP contribution in [-0.2, 0) is 10.0 Å². The molecule has 0 saturated heterocycles. The van der Waals surface area contributed by atoms with Gasteiger partial charge in [0.05, 0.1) is 6.10 Å². The maximum Gasteiger partial charge on any atom is 0.251 e. The monoisotopic (exact) mass is 339 g/mol. The molecule has 1 heterocycles. The van der Waals surface area contributed by atoms with E-state index in [1.54, 1.807) is 11.4 Å². The highest BCUT2D eigenvalue weighted by molar-refractivity contribution is 9.10. The van der Waals surface area contributed by atoms with Gasteiger partial charge in [-0.1, -0.05) is 0 Å². The number of halogens is 1. The molecule has 4 nitrogen and oxygen atoms in total. The smallest absolute Gasteiger partial charge is 0.251 e. The fourth-order valence-corrected chi connectivity index (χ4v) is 5.49. The third-order valence-corrected chi connectivity index (χ3v) is 7.00. The van der Waals surface area contributed by atoms with Gasteiger partial charge in [-0.05, 0) is 52.6 Å². The summed E-state index contributed by atoms with van der Waals surface area (Å²) in [5, 5.41) is 11.1. The molecule has 1 aromatic rings. The molecule has 1 aliphatic carbocycles. The van der Waals surface area contributed by atoms with Crippen LogP contribution in [0.15, 0.2) is 20.1 Å². The standard InChI is InChI=1S/C10H14BrNO3S2/c11-9-3-4-16-10(9)17(14,15)12-6-7-1-2-8(13)5-7/h3-4,7-8,12-13H,1-2,5-6H2. The lowest BCUT2D eigenvalue weighted by Gasteiger charge is -2.10. The summed E-state index contributed by atoms with van der Waals surface area (Å²) in [5.74, 6) is 0.249. The topological polar surface area (TPSA) is 66.4 Å². The number of sulfonamides is 1. The van der Waals surface area contributed by atoms with Gasteiger partial charge in [0.1, 0.15) is 4.21 Å². The highest BCUT2D eigenvalue weighted by Crippen LogP contribution is 2.29. The molecule has 2 atom stereocenters. The summed E-state index contributed by atoms with van der Waals surface area (Å²) in [6, 6.07) is 1.72. The van der Waals surface area contributed by atoms with E-state index in [0.717, 1.165) is 12.8 Å². The summed E-state index contributed by atoms with van der Waals surface area (Å²) in [4.78, 5) is 0. The van der Waals surface area contributed by atoms with Crippen molar-refractivity contribution in [1.82, 2.24) is 4.72 Å². The predicted octanol–water partition coefficient (Wildman–Crippen LogP) is 1.95. The van der Waals surface area contributed by atoms with Crippen molar-refractivity contribution in [3.8, 4) is 0 Å². The highest BCUT2D eigenvalue weighted by Gasteiger charge is 2.25. The molecule has 1 aromatic heterocycles. The summed E-state index contributed by atoms with van der Waals surface area (Å²) >= 11 is 4.41. The molecule has 0 bridgehead atoms. The van der Waals surface area contributed by atoms with Crippen LogP contribution in [0.1, 0.15) is 19.3 Å². The third-order valence-electron chi connectivity index (χ3n) is 2.90. The summed E-state index contributed by atoms with van der Waals surface area (Å²) in [6.45, 7) is 0.406. The molecule has 0 amide bonds. The molecule has 0 aromatic carbocycles. The second-order valence-corrected chi connectivity index (χ2v) is 7.97. The van der Waals surface area contributed by atoms with Crippen LogP contribution in [0.25, 0.3) is 0 Å². The number of hydrogen-bond donors (Lipinski definition) is 2. The quantitative estimate of drug-likeness (QED) is 0.880. The lowest BCUT2D eigenvalue weighted by Crippen LogP contribution is -2.28. The Kier molecular flexibility index (Phi) is 4.25. The minimum absolute atomic E-state index is 0.249. The normalized spacial score (nSPS) is 25.3. The highest BCUT2D eigenvalue weighted by atomic mass is 79.9. The lowest BCUT2D eigenvalue weighted by atomic mass is 10.1. The van der Waals surface area contributed by atoms with Crippen molar-refractivity contribution in [3.05, 3.63) is 15.9 Å². The van der Waals surface area contributed by atoms with Crippen LogP contribution in [-0.4, -0.2) is 26.2 Å². The fourth-order valence-electron chi connectivity index (χ4n) is 2.00. The molecule has 1 fully saturated rings. The summed E-state index contributed by atoms with van der Waals surface area (Å²) in [7, 11) is -3.41. The van der Waals surface area contributed by atoms with Gasteiger partial charge in [-0.2, -0.15) is 0 Å². The molecule has 0 radical (unpaired) electrons. The first-order chi connectivity index (χ1) is 7.99. The van der Waals surface area contributed by atoms with Gasteiger partial charge in [0.2, 0.25) is 0 Å². The van der Waals surface area contributed by atoms with E-state index in [1.165, 1.54) is 11.3 Å². The van der Waals surface area contributed by atoms with Gasteiger partial charge in [-0.25, -0.2) is 13.1 Å². The number of nitrogens with one attached hydrogen (secondary N) is 1. The number of aliphatic hydroxyl groups excluding tert-OH is 1. The van der Waals surface area contributed by atoms with E-state index in [2.05, 4.69) is 20.7 Å². The van der Waals surface area contributed by atoms with Gasteiger partial charge in [-0.3, -0.25) is 0 Å². The molecule has 2 rings (SSSR count). The zero-order valence-electron chi connectivity index (χ0n) is 9.10. The Bertz CT molecular complexity index is 485. The molecule has 17 heavy (non-hydrogen) atoms. The number of aliphatic hydroxyl groups is 1. The molecule has 96 valence electrons. The molecule has 2 N–H and O–H groups in total. The second kappa shape index (κ2) is 5.36. The van der Waals surface area contributed by atoms with Crippen molar-refractivity contribution in [1.29, 1.82) is 0 Å². The molecule has 0 aliphatic heterocycles. The fraction of sp³-hybridized carbons (Fsp3) is 0.600. The molecule has 2 unspecified atom stereocenters. The Morgan fingerprint density at radius 3 is 2.82 bits per heavy atom. The van der Waals surface area contributed by atoms with Crippen LogP contribution >= 0.6 is 27.3 Å². The van der Waals surface area contributed by atoms with E-state index < -0.39 is 10.0 Å². The van der Waals surface area contributed by atoms with Crippen molar-refractivity contribution in [3.63, 3.8) is 0 Å². The minimum atomic E-state index is -3.41. The molecule has 1 aliphatic rings. The van der Waals surface area contributed by atoms with Crippen LogP contribution in [0.5, 0.6) is 0 Å². The van der Waals surface area contributed by atoms with Gasteiger partial charge in [0, 0.05) is 11.0 Å². The largest absolute Gasteiger partial charge is 0.393 e. The minimum Gasteiger partial charge on any atom is -0.393 e. The van der Waals surface area contributed by atoms with E-state index in [-0.39, 0.29) is 12.0 Å². The van der Waals surface area contributed by atoms with E-state index >= 15 is 0 Å². The lowest BCUT2D eigenvalue weighted by molar-refractivity contribution is 0.178. The van der Waals surface area contributed by atoms with Gasteiger partial charge >= 0.3 is 0 Å². The Morgan fingerprint density at radius 1 is 1.53 bits per heavy atom. The Morgan fingerprint density at radius 2 is 2.29 bits per heavy atom. The zero-order valence-corrected chi connectivity index (χ0v) is 12.3. The average Bonchev–Trinajstić information content (AvgIpc) is 2.85. The van der Waals surface area contributed by atoms with Crippen molar-refractivity contribution >= 4 is 37.3 Å². The van der Waals surface area contributed by atoms with Crippen LogP contribution in [0.3, 0.4) is 0 Å². The first-order valence-electron chi connectivity index (χ1n) is 5.40. The van der Waals surface area contributed by atoms with Crippen molar-refractivity contribution in [2.45, 2.75) is 29.6 Å². The van der Waals surface area contributed by atoms with Gasteiger partial charge in [-0.15, -0.1) is 11.3 Å². The predicted molar refractivity (Wildman–Crippen MR) is 70.6 cm³/mol. The SMILES string of the molecule is O=S(=O)(NCC1CCC(O)C1)c1sccc1Br. The van der Waals surface area contributed by atoms with Gasteiger partial charge < -0.3 is 5.11 Å². The van der Waals surface area contributed by atoms with E-state index in [1.807, 2.05) is 0 Å². The first kappa shape index (κ1) is 13.5. The van der Waals surface area contributed by atoms with Crippen LogP contribution in [0.2, 0.25) is 0 Å². The number of rotatable bonds is 4. The summed E-state index contributed by atoms with van der Waals surface area (Å²) < 4.78 is 27.4. The Hall–Kier alpha value is 0.0500.